The highest BCUT2D eigenvalue weighted by Crippen LogP contribution is 2.44. The first-order chi connectivity index (χ1) is 23.5. The maximum Gasteiger partial charge on any atom is 0.274 e. The van der Waals surface area contributed by atoms with Crippen LogP contribution in [0.25, 0.3) is 32.9 Å². The molecule has 0 bridgehead atoms. The summed E-state index contributed by atoms with van der Waals surface area (Å²) in [5.41, 5.74) is 3.96. The van der Waals surface area contributed by atoms with Gasteiger partial charge >= 0.3 is 0 Å². The highest BCUT2D eigenvalue weighted by Gasteiger charge is 2.45. The van der Waals surface area contributed by atoms with Crippen LogP contribution < -0.4 is 10.5 Å². The Morgan fingerprint density at radius 1 is 1.02 bits per heavy atom. The molecule has 9 heteroatoms. The second-order valence-electron chi connectivity index (χ2n) is 13.4. The van der Waals surface area contributed by atoms with Gasteiger partial charge in [0.2, 0.25) is 5.95 Å². The second kappa shape index (κ2) is 12.8. The number of ether oxygens (including phenoxy) is 3. The van der Waals surface area contributed by atoms with Crippen molar-refractivity contribution in [3.8, 4) is 23.5 Å². The molecule has 3 fully saturated rings. The Hall–Kier alpha value is -4.49. The lowest BCUT2D eigenvalue weighted by Crippen LogP contribution is -2.41. The standard InChI is InChI=1S/C39H41N5O4/c1-3-26-17-20-44(21-18-26)38-41-33-15-12-27(32-24-43(2)37(45)35-30(32)16-19-40-35)23-31(33)36(42-38)39(48-29-13-14-29,28-9-5-4-6-10-28)25-47-34-11-7-8-22-46-34/h1,4-6,9-10,12,15-16,19,23-24,26,29,34,40H,7-8,11,13-14,17-18,20-22,25H2,2H3. The molecule has 2 aromatic carbocycles. The predicted molar refractivity (Wildman–Crippen MR) is 187 cm³/mol. The number of nitrogens with one attached hydrogen (secondary N) is 1. The number of nitrogens with zero attached hydrogens (tertiary/aromatic N) is 4. The fraction of sp³-hybridized carbons (Fsp3) is 0.410. The molecule has 0 radical (unpaired) electrons. The minimum atomic E-state index is -1.03. The van der Waals surface area contributed by atoms with Gasteiger partial charge in [-0.05, 0) is 74.3 Å². The monoisotopic (exact) mass is 643 g/mol. The van der Waals surface area contributed by atoms with Crippen LogP contribution in [0.1, 0.15) is 56.2 Å². The van der Waals surface area contributed by atoms with E-state index in [2.05, 4.69) is 46.1 Å². The first-order valence-electron chi connectivity index (χ1n) is 17.2. The number of fused-ring (bicyclic) bond motifs is 2. The van der Waals surface area contributed by atoms with Gasteiger partial charge in [0, 0.05) is 61.4 Å². The number of aromatic nitrogens is 4. The molecule has 9 nitrogen and oxygen atoms in total. The molecule has 1 saturated carbocycles. The van der Waals surface area contributed by atoms with Gasteiger partial charge in [0.25, 0.3) is 5.56 Å². The number of aryl methyl sites for hydroxylation is 1. The third-order valence-electron chi connectivity index (χ3n) is 10.0. The number of aromatic amines is 1. The molecular formula is C39H41N5O4. The van der Waals surface area contributed by atoms with Gasteiger partial charge in [-0.1, -0.05) is 36.4 Å². The first kappa shape index (κ1) is 30.8. The zero-order chi connectivity index (χ0) is 32.7. The molecule has 1 N–H and O–H groups in total. The van der Waals surface area contributed by atoms with Crippen molar-refractivity contribution in [2.45, 2.75) is 62.9 Å². The lowest BCUT2D eigenvalue weighted by molar-refractivity contribution is -0.197. The number of H-pyrrole nitrogens is 1. The lowest BCUT2D eigenvalue weighted by Gasteiger charge is -2.37. The molecule has 0 amide bonds. The van der Waals surface area contributed by atoms with E-state index >= 15 is 0 Å². The van der Waals surface area contributed by atoms with E-state index in [4.69, 9.17) is 30.6 Å². The third-order valence-corrected chi connectivity index (χ3v) is 10.0. The highest BCUT2D eigenvalue weighted by atomic mass is 16.7. The Morgan fingerprint density at radius 2 is 1.85 bits per heavy atom. The summed E-state index contributed by atoms with van der Waals surface area (Å²) in [6, 6.07) is 18.6. The SMILES string of the molecule is C#CC1CCN(c2nc(C(COC3CCCCO3)(OC3CC3)c3ccccc3)c3cc(-c4cn(C)c(=O)c5[nH]ccc45)ccc3n2)CC1. The van der Waals surface area contributed by atoms with Crippen LogP contribution in [0.4, 0.5) is 5.95 Å². The number of hydrogen-bond acceptors (Lipinski definition) is 7. The smallest absolute Gasteiger partial charge is 0.274 e. The van der Waals surface area contributed by atoms with E-state index in [0.717, 1.165) is 96.7 Å². The average Bonchev–Trinajstić information content (AvgIpc) is 3.82. The highest BCUT2D eigenvalue weighted by molar-refractivity contribution is 5.97. The van der Waals surface area contributed by atoms with Crippen LogP contribution in [-0.2, 0) is 26.9 Å². The first-order valence-corrected chi connectivity index (χ1v) is 17.2. The maximum absolute atomic E-state index is 12.9. The summed E-state index contributed by atoms with van der Waals surface area (Å²) in [5, 5.41) is 1.75. The van der Waals surface area contributed by atoms with Gasteiger partial charge in [-0.2, -0.15) is 0 Å². The topological polar surface area (TPSA) is 94.5 Å². The number of terminal acetylenes is 1. The molecule has 2 unspecified atom stereocenters. The minimum Gasteiger partial charge on any atom is -0.358 e. The van der Waals surface area contributed by atoms with Crippen LogP contribution >= 0.6 is 0 Å². The Bertz CT molecular complexity index is 2030. The number of piperidine rings is 1. The Balaban J connectivity index is 1.35. The molecular weight excluding hydrogens is 602 g/mol. The van der Waals surface area contributed by atoms with Crippen LogP contribution in [0.3, 0.4) is 0 Å². The number of benzene rings is 2. The van der Waals surface area contributed by atoms with Gasteiger partial charge in [0.15, 0.2) is 11.9 Å². The zero-order valence-corrected chi connectivity index (χ0v) is 27.4. The summed E-state index contributed by atoms with van der Waals surface area (Å²) >= 11 is 0. The van der Waals surface area contributed by atoms with Crippen molar-refractivity contribution in [2.75, 3.05) is 31.2 Å². The molecule has 48 heavy (non-hydrogen) atoms. The predicted octanol–water partition coefficient (Wildman–Crippen LogP) is 6.29. The van der Waals surface area contributed by atoms with Crippen molar-refractivity contribution in [2.24, 2.45) is 13.0 Å². The molecule has 3 aliphatic rings. The number of pyridine rings is 1. The summed E-state index contributed by atoms with van der Waals surface area (Å²) < 4.78 is 21.5. The van der Waals surface area contributed by atoms with Crippen molar-refractivity contribution >= 4 is 27.8 Å². The fourth-order valence-electron chi connectivity index (χ4n) is 7.16. The van der Waals surface area contributed by atoms with Gasteiger partial charge < -0.3 is 28.7 Å². The number of anilines is 1. The normalized spacial score (nSPS) is 20.2. The molecule has 0 spiro atoms. The molecule has 5 heterocycles. The van der Waals surface area contributed by atoms with Crippen LogP contribution in [-0.4, -0.2) is 58.2 Å². The number of rotatable bonds is 9. The van der Waals surface area contributed by atoms with E-state index in [9.17, 15) is 4.79 Å². The summed E-state index contributed by atoms with van der Waals surface area (Å²) in [4.78, 5) is 28.9. The summed E-state index contributed by atoms with van der Waals surface area (Å²) in [6.07, 6.45) is 16.0. The van der Waals surface area contributed by atoms with Crippen LogP contribution in [0.15, 0.2) is 71.8 Å². The van der Waals surface area contributed by atoms with Crippen molar-refractivity contribution < 1.29 is 14.2 Å². The van der Waals surface area contributed by atoms with Crippen LogP contribution in [0, 0.1) is 18.3 Å². The Morgan fingerprint density at radius 3 is 2.60 bits per heavy atom. The van der Waals surface area contributed by atoms with Gasteiger partial charge in [-0.25, -0.2) is 9.97 Å². The minimum absolute atomic E-state index is 0.0650. The number of hydrogen-bond donors (Lipinski definition) is 1. The zero-order valence-electron chi connectivity index (χ0n) is 27.4. The van der Waals surface area contributed by atoms with Gasteiger partial charge in [-0.3, -0.25) is 4.79 Å². The van der Waals surface area contributed by atoms with E-state index in [-0.39, 0.29) is 30.5 Å². The third kappa shape index (κ3) is 5.79. The molecule has 1 aliphatic carbocycles. The quantitative estimate of drug-likeness (QED) is 0.189. The van der Waals surface area contributed by atoms with Gasteiger partial charge in [0.1, 0.15) is 5.52 Å². The van der Waals surface area contributed by atoms with Crippen molar-refractivity contribution in [3.63, 3.8) is 0 Å². The molecule has 3 aromatic heterocycles. The molecule has 246 valence electrons. The van der Waals surface area contributed by atoms with Crippen LogP contribution in [0.5, 0.6) is 0 Å². The molecule has 2 aliphatic heterocycles. The van der Waals surface area contributed by atoms with E-state index < -0.39 is 5.60 Å². The van der Waals surface area contributed by atoms with Crippen LogP contribution in [0.2, 0.25) is 0 Å². The second-order valence-corrected chi connectivity index (χ2v) is 13.4. The van der Waals surface area contributed by atoms with Crippen molar-refractivity contribution in [1.29, 1.82) is 0 Å². The van der Waals surface area contributed by atoms with Crippen molar-refractivity contribution in [1.82, 2.24) is 19.5 Å². The van der Waals surface area contributed by atoms with E-state index in [1.165, 1.54) is 0 Å². The summed E-state index contributed by atoms with van der Waals surface area (Å²) in [7, 11) is 1.78. The average molecular weight is 644 g/mol. The molecule has 8 rings (SSSR count). The lowest BCUT2D eigenvalue weighted by atomic mass is 9.87. The molecule has 5 aromatic rings. The largest absolute Gasteiger partial charge is 0.358 e. The molecule has 2 atom stereocenters. The van der Waals surface area contributed by atoms with Crippen molar-refractivity contribution in [3.05, 3.63) is 88.6 Å². The van der Waals surface area contributed by atoms with E-state index in [1.54, 1.807) is 11.6 Å². The van der Waals surface area contributed by atoms with E-state index in [0.29, 0.717) is 18.1 Å². The summed E-state index contributed by atoms with van der Waals surface area (Å²) in [6.45, 7) is 2.51. The van der Waals surface area contributed by atoms with Gasteiger partial charge in [0.05, 0.1) is 23.9 Å². The fourth-order valence-corrected chi connectivity index (χ4v) is 7.16. The summed E-state index contributed by atoms with van der Waals surface area (Å²) in [5.74, 6) is 3.88. The van der Waals surface area contributed by atoms with Gasteiger partial charge in [-0.15, -0.1) is 12.3 Å². The Labute approximate surface area is 280 Å². The Kier molecular flexibility index (Phi) is 8.25. The molecule has 2 saturated heterocycles. The van der Waals surface area contributed by atoms with E-state index in [1.807, 2.05) is 36.7 Å². The maximum atomic E-state index is 12.9.